The van der Waals surface area contributed by atoms with Crippen molar-refractivity contribution in [3.63, 3.8) is 0 Å². The van der Waals surface area contributed by atoms with Crippen LogP contribution < -0.4 is 4.72 Å². The minimum Gasteiger partial charge on any atom is -0.272 e. The van der Waals surface area contributed by atoms with E-state index in [-0.39, 0.29) is 29.2 Å². The molecule has 0 spiro atoms. The highest BCUT2D eigenvalue weighted by Gasteiger charge is 2.36. The molecule has 130 valence electrons. The van der Waals surface area contributed by atoms with Gasteiger partial charge in [-0.1, -0.05) is 12.1 Å². The molecule has 2 heterocycles. The maximum atomic E-state index is 12.4. The summed E-state index contributed by atoms with van der Waals surface area (Å²) in [6.07, 6.45) is 1.44. The van der Waals surface area contributed by atoms with Gasteiger partial charge in [-0.3, -0.25) is 19.5 Å². The zero-order valence-corrected chi connectivity index (χ0v) is 14.6. The van der Waals surface area contributed by atoms with Gasteiger partial charge in [0.25, 0.3) is 11.8 Å². The van der Waals surface area contributed by atoms with Crippen LogP contribution in [0.15, 0.2) is 41.4 Å². The molecule has 0 unspecified atom stereocenters. The molecular weight excluding hydrogens is 342 g/mol. The first-order valence-electron chi connectivity index (χ1n) is 7.69. The number of pyridine rings is 1. The quantitative estimate of drug-likeness (QED) is 0.811. The molecule has 1 aromatic carbocycles. The maximum absolute atomic E-state index is 12.4. The molecule has 2 amide bonds. The molecule has 0 fully saturated rings. The number of aryl methyl sites for hydroxylation is 2. The number of nitrogens with zero attached hydrogens (tertiary/aromatic N) is 2. The van der Waals surface area contributed by atoms with Crippen LogP contribution in [0.2, 0.25) is 0 Å². The van der Waals surface area contributed by atoms with Crippen LogP contribution in [-0.2, 0) is 10.0 Å². The maximum Gasteiger partial charge on any atom is 0.280 e. The first-order valence-corrected chi connectivity index (χ1v) is 9.18. The lowest BCUT2D eigenvalue weighted by molar-refractivity contribution is 0.0655. The molecule has 1 aliphatic heterocycles. The van der Waals surface area contributed by atoms with Gasteiger partial charge in [-0.25, -0.2) is 13.1 Å². The Hall–Kier alpha value is -2.58. The molecule has 8 heteroatoms. The molecule has 7 nitrogen and oxygen atoms in total. The van der Waals surface area contributed by atoms with Crippen LogP contribution >= 0.6 is 0 Å². The van der Waals surface area contributed by atoms with E-state index in [1.54, 1.807) is 25.1 Å². The Morgan fingerprint density at radius 3 is 2.60 bits per heavy atom. The van der Waals surface area contributed by atoms with E-state index >= 15 is 0 Å². The van der Waals surface area contributed by atoms with Crippen molar-refractivity contribution in [3.8, 4) is 0 Å². The molecule has 0 bridgehead atoms. The first-order chi connectivity index (χ1) is 11.8. The summed E-state index contributed by atoms with van der Waals surface area (Å²) in [4.78, 5) is 29.5. The monoisotopic (exact) mass is 359 g/mol. The number of hydrogen-bond acceptors (Lipinski definition) is 5. The molecule has 3 rings (SSSR count). The largest absolute Gasteiger partial charge is 0.280 e. The number of carbonyl (C=O) groups excluding carboxylic acids is 2. The summed E-state index contributed by atoms with van der Waals surface area (Å²) in [6.45, 7) is 3.40. The number of hydrogen-bond donors (Lipinski definition) is 1. The second-order valence-corrected chi connectivity index (χ2v) is 7.56. The smallest absolute Gasteiger partial charge is 0.272 e. The van der Waals surface area contributed by atoms with Crippen LogP contribution in [0.5, 0.6) is 0 Å². The van der Waals surface area contributed by atoms with Crippen LogP contribution in [0.3, 0.4) is 0 Å². The predicted octanol–water partition coefficient (Wildman–Crippen LogP) is 1.27. The molecule has 0 radical (unpaired) electrons. The highest BCUT2D eigenvalue weighted by atomic mass is 32.2. The molecule has 1 aliphatic rings. The second kappa shape index (κ2) is 6.38. The fraction of sp³-hybridized carbons (Fsp3) is 0.235. The number of amides is 2. The van der Waals surface area contributed by atoms with Crippen LogP contribution in [-0.4, -0.2) is 43.2 Å². The van der Waals surface area contributed by atoms with E-state index in [0.29, 0.717) is 5.56 Å². The Bertz CT molecular complexity index is 935. The predicted molar refractivity (Wildman–Crippen MR) is 90.7 cm³/mol. The van der Waals surface area contributed by atoms with Crippen LogP contribution in [0, 0.1) is 13.8 Å². The fourth-order valence-electron chi connectivity index (χ4n) is 2.68. The highest BCUT2D eigenvalue weighted by Crippen LogP contribution is 2.20. The SMILES string of the molecule is Cc1ccc(C)c(S(=O)(=O)NCCN2C(=O)c3cccnc3C2=O)c1. The minimum atomic E-state index is -3.72. The lowest BCUT2D eigenvalue weighted by Crippen LogP contribution is -2.38. The van der Waals surface area contributed by atoms with Gasteiger partial charge in [0.15, 0.2) is 0 Å². The normalized spacial score (nSPS) is 14.1. The number of fused-ring (bicyclic) bond motifs is 1. The fourth-order valence-corrected chi connectivity index (χ4v) is 4.03. The molecule has 1 N–H and O–H groups in total. The lowest BCUT2D eigenvalue weighted by atomic mass is 10.2. The van der Waals surface area contributed by atoms with Gasteiger partial charge >= 0.3 is 0 Å². The van der Waals surface area contributed by atoms with Crippen molar-refractivity contribution >= 4 is 21.8 Å². The van der Waals surface area contributed by atoms with Crippen molar-refractivity contribution in [2.24, 2.45) is 0 Å². The molecule has 2 aromatic rings. The van der Waals surface area contributed by atoms with Gasteiger partial charge in [0.2, 0.25) is 10.0 Å². The van der Waals surface area contributed by atoms with Crippen molar-refractivity contribution in [2.45, 2.75) is 18.7 Å². The van der Waals surface area contributed by atoms with Crippen LogP contribution in [0.25, 0.3) is 0 Å². The van der Waals surface area contributed by atoms with Gasteiger partial charge < -0.3 is 0 Å². The minimum absolute atomic E-state index is 0.0574. The number of carbonyl (C=O) groups is 2. The topological polar surface area (TPSA) is 96.4 Å². The summed E-state index contributed by atoms with van der Waals surface area (Å²) in [5.74, 6) is -0.967. The molecule has 1 aromatic heterocycles. The number of rotatable bonds is 5. The summed E-state index contributed by atoms with van der Waals surface area (Å²) in [7, 11) is -3.72. The van der Waals surface area contributed by atoms with Crippen LogP contribution in [0.4, 0.5) is 0 Å². The van der Waals surface area contributed by atoms with Gasteiger partial charge in [-0.15, -0.1) is 0 Å². The molecular formula is C17H17N3O4S. The second-order valence-electron chi connectivity index (χ2n) is 5.83. The van der Waals surface area contributed by atoms with E-state index < -0.39 is 21.8 Å². The Labute approximate surface area is 145 Å². The number of aromatic nitrogens is 1. The van der Waals surface area contributed by atoms with E-state index in [9.17, 15) is 18.0 Å². The van der Waals surface area contributed by atoms with E-state index in [4.69, 9.17) is 0 Å². The van der Waals surface area contributed by atoms with Gasteiger partial charge in [-0.2, -0.15) is 0 Å². The highest BCUT2D eigenvalue weighted by molar-refractivity contribution is 7.89. The zero-order chi connectivity index (χ0) is 18.2. The summed E-state index contributed by atoms with van der Waals surface area (Å²) >= 11 is 0. The summed E-state index contributed by atoms with van der Waals surface area (Å²) < 4.78 is 27.3. The van der Waals surface area contributed by atoms with Crippen molar-refractivity contribution in [3.05, 3.63) is 58.9 Å². The van der Waals surface area contributed by atoms with E-state index in [2.05, 4.69) is 9.71 Å². The third-order valence-electron chi connectivity index (χ3n) is 3.99. The number of imide groups is 1. The number of benzene rings is 1. The van der Waals surface area contributed by atoms with Crippen molar-refractivity contribution < 1.29 is 18.0 Å². The van der Waals surface area contributed by atoms with Gasteiger partial charge in [0, 0.05) is 19.3 Å². The van der Waals surface area contributed by atoms with Gasteiger partial charge in [0.05, 0.1) is 10.5 Å². The standard InChI is InChI=1S/C17H17N3O4S/c1-11-5-6-12(2)14(10-11)25(23,24)19-8-9-20-16(21)13-4-3-7-18-15(13)17(20)22/h3-7,10,19H,8-9H2,1-2H3. The summed E-state index contributed by atoms with van der Waals surface area (Å²) in [6, 6.07) is 8.27. The summed E-state index contributed by atoms with van der Waals surface area (Å²) in [5.41, 5.74) is 1.80. The first kappa shape index (κ1) is 17.2. The number of nitrogens with one attached hydrogen (secondary N) is 1. The molecule has 0 saturated heterocycles. The average Bonchev–Trinajstić information content (AvgIpc) is 2.82. The molecule has 0 atom stereocenters. The van der Waals surface area contributed by atoms with E-state index in [1.165, 1.54) is 12.3 Å². The lowest BCUT2D eigenvalue weighted by Gasteiger charge is -2.15. The Balaban J connectivity index is 1.70. The Kier molecular flexibility index (Phi) is 4.40. The number of sulfonamides is 1. The Morgan fingerprint density at radius 2 is 1.88 bits per heavy atom. The van der Waals surface area contributed by atoms with Gasteiger partial charge in [0.1, 0.15) is 5.69 Å². The molecule has 25 heavy (non-hydrogen) atoms. The Morgan fingerprint density at radius 1 is 1.12 bits per heavy atom. The third kappa shape index (κ3) is 3.18. The zero-order valence-electron chi connectivity index (χ0n) is 13.8. The van der Waals surface area contributed by atoms with Crippen molar-refractivity contribution in [1.82, 2.24) is 14.6 Å². The average molecular weight is 359 g/mol. The molecule has 0 saturated carbocycles. The molecule has 0 aliphatic carbocycles. The third-order valence-corrected chi connectivity index (χ3v) is 5.59. The summed E-state index contributed by atoms with van der Waals surface area (Å²) in [5, 5.41) is 0. The van der Waals surface area contributed by atoms with Crippen LogP contribution in [0.1, 0.15) is 32.0 Å². The van der Waals surface area contributed by atoms with Crippen molar-refractivity contribution in [1.29, 1.82) is 0 Å². The van der Waals surface area contributed by atoms with E-state index in [1.807, 2.05) is 13.0 Å². The van der Waals surface area contributed by atoms with E-state index in [0.717, 1.165) is 10.5 Å². The van der Waals surface area contributed by atoms with Crippen molar-refractivity contribution in [2.75, 3.05) is 13.1 Å². The van der Waals surface area contributed by atoms with Gasteiger partial charge in [-0.05, 0) is 43.2 Å².